The number of rotatable bonds is 6. The van der Waals surface area contributed by atoms with E-state index in [1.807, 2.05) is 48.5 Å². The Balaban J connectivity index is 1.61. The quantitative estimate of drug-likeness (QED) is 0.632. The van der Waals surface area contributed by atoms with Gasteiger partial charge in [-0.25, -0.2) is 5.43 Å². The molecule has 1 atom stereocenters. The highest BCUT2D eigenvalue weighted by Crippen LogP contribution is 2.25. The van der Waals surface area contributed by atoms with E-state index in [1.165, 1.54) is 11.8 Å². The third-order valence-electron chi connectivity index (χ3n) is 4.67. The standard InChI is InChI=1S/C21H23N3O3/c1-3-15-8-10-18(11-9-15)24-14-17(12-20(24)25)21(26)23-22-13-16-6-4-5-7-19(16)27-2/h4-11,13,17H,3,12,14H2,1-2H3,(H,23,26)/b22-13+/t17-/m1/s1. The first-order valence-electron chi connectivity index (χ1n) is 8.97. The molecule has 6 heteroatoms. The molecule has 0 aromatic heterocycles. The van der Waals surface area contributed by atoms with Crippen molar-refractivity contribution in [1.82, 2.24) is 5.43 Å². The zero-order valence-corrected chi connectivity index (χ0v) is 15.5. The number of methoxy groups -OCH3 is 1. The first-order valence-corrected chi connectivity index (χ1v) is 8.97. The normalized spacial score (nSPS) is 16.7. The molecule has 0 bridgehead atoms. The van der Waals surface area contributed by atoms with Crippen molar-refractivity contribution in [2.45, 2.75) is 19.8 Å². The van der Waals surface area contributed by atoms with Gasteiger partial charge in [0, 0.05) is 24.2 Å². The van der Waals surface area contributed by atoms with E-state index in [2.05, 4.69) is 17.5 Å². The van der Waals surface area contributed by atoms with Gasteiger partial charge in [-0.2, -0.15) is 5.10 Å². The summed E-state index contributed by atoms with van der Waals surface area (Å²) < 4.78 is 5.24. The summed E-state index contributed by atoms with van der Waals surface area (Å²) in [5, 5.41) is 4.01. The number of aryl methyl sites for hydroxylation is 1. The van der Waals surface area contributed by atoms with Gasteiger partial charge in [0.2, 0.25) is 11.8 Å². The molecule has 0 unspecified atom stereocenters. The molecule has 0 saturated carbocycles. The molecule has 3 rings (SSSR count). The molecule has 6 nitrogen and oxygen atoms in total. The lowest BCUT2D eigenvalue weighted by molar-refractivity contribution is -0.126. The van der Waals surface area contributed by atoms with Crippen LogP contribution in [0.3, 0.4) is 0 Å². The third-order valence-corrected chi connectivity index (χ3v) is 4.67. The Hall–Kier alpha value is -3.15. The number of amides is 2. The van der Waals surface area contributed by atoms with Gasteiger partial charge in [-0.05, 0) is 36.2 Å². The highest BCUT2D eigenvalue weighted by Gasteiger charge is 2.35. The molecule has 2 amide bonds. The minimum absolute atomic E-state index is 0.0480. The molecule has 2 aromatic rings. The van der Waals surface area contributed by atoms with Crippen LogP contribution in [-0.2, 0) is 16.0 Å². The zero-order chi connectivity index (χ0) is 19.2. The molecule has 1 heterocycles. The van der Waals surface area contributed by atoms with Gasteiger partial charge in [0.15, 0.2) is 0 Å². The summed E-state index contributed by atoms with van der Waals surface area (Å²) in [4.78, 5) is 26.4. The summed E-state index contributed by atoms with van der Waals surface area (Å²) in [5.74, 6) is -0.0540. The Morgan fingerprint density at radius 2 is 2.00 bits per heavy atom. The average Bonchev–Trinajstić information content (AvgIpc) is 3.10. The smallest absolute Gasteiger partial charge is 0.245 e. The molecule has 1 aliphatic heterocycles. The van der Waals surface area contributed by atoms with Crippen LogP contribution in [0.1, 0.15) is 24.5 Å². The van der Waals surface area contributed by atoms with Gasteiger partial charge >= 0.3 is 0 Å². The van der Waals surface area contributed by atoms with Crippen molar-refractivity contribution in [1.29, 1.82) is 0 Å². The van der Waals surface area contributed by atoms with E-state index in [1.54, 1.807) is 12.0 Å². The summed E-state index contributed by atoms with van der Waals surface area (Å²) in [6, 6.07) is 15.3. The lowest BCUT2D eigenvalue weighted by Crippen LogP contribution is -2.30. The molecule has 0 radical (unpaired) electrons. The molecule has 0 aliphatic carbocycles. The number of benzene rings is 2. The Morgan fingerprint density at radius 3 is 2.70 bits per heavy atom. The first kappa shape index (κ1) is 18.6. The second-order valence-electron chi connectivity index (χ2n) is 6.40. The van der Waals surface area contributed by atoms with Crippen LogP contribution in [0.15, 0.2) is 53.6 Å². The molecular formula is C21H23N3O3. The number of para-hydroxylation sites is 1. The van der Waals surface area contributed by atoms with Crippen LogP contribution in [0.5, 0.6) is 5.75 Å². The van der Waals surface area contributed by atoms with Crippen molar-refractivity contribution >= 4 is 23.7 Å². The fourth-order valence-electron chi connectivity index (χ4n) is 3.07. The van der Waals surface area contributed by atoms with Crippen LogP contribution in [-0.4, -0.2) is 31.7 Å². The molecular weight excluding hydrogens is 342 g/mol. The highest BCUT2D eigenvalue weighted by atomic mass is 16.5. The number of hydrogen-bond acceptors (Lipinski definition) is 4. The molecule has 1 saturated heterocycles. The van der Waals surface area contributed by atoms with Crippen LogP contribution in [0.25, 0.3) is 0 Å². The lowest BCUT2D eigenvalue weighted by atomic mass is 10.1. The van der Waals surface area contributed by atoms with Crippen molar-refractivity contribution in [2.75, 3.05) is 18.6 Å². The topological polar surface area (TPSA) is 71.0 Å². The van der Waals surface area contributed by atoms with Gasteiger partial charge in [0.1, 0.15) is 5.75 Å². The lowest BCUT2D eigenvalue weighted by Gasteiger charge is -2.16. The second kappa shape index (κ2) is 8.49. The molecule has 140 valence electrons. The van der Waals surface area contributed by atoms with Gasteiger partial charge in [-0.15, -0.1) is 0 Å². The Bertz CT molecular complexity index is 846. The number of hydrazone groups is 1. The molecule has 1 fully saturated rings. The molecule has 1 aliphatic rings. The van der Waals surface area contributed by atoms with Gasteiger partial charge < -0.3 is 9.64 Å². The van der Waals surface area contributed by atoms with Crippen LogP contribution < -0.4 is 15.1 Å². The first-order chi connectivity index (χ1) is 13.1. The third kappa shape index (κ3) is 4.34. The molecule has 27 heavy (non-hydrogen) atoms. The number of carbonyl (C=O) groups excluding carboxylic acids is 2. The number of nitrogens with one attached hydrogen (secondary N) is 1. The van der Waals surface area contributed by atoms with E-state index in [9.17, 15) is 9.59 Å². The van der Waals surface area contributed by atoms with Gasteiger partial charge in [-0.1, -0.05) is 31.2 Å². The molecule has 1 N–H and O–H groups in total. The average molecular weight is 365 g/mol. The van der Waals surface area contributed by atoms with Crippen molar-refractivity contribution in [3.05, 3.63) is 59.7 Å². The van der Waals surface area contributed by atoms with Crippen molar-refractivity contribution in [3.63, 3.8) is 0 Å². The van der Waals surface area contributed by atoms with Crippen molar-refractivity contribution < 1.29 is 14.3 Å². The minimum Gasteiger partial charge on any atom is -0.496 e. The predicted molar refractivity (Wildman–Crippen MR) is 105 cm³/mol. The van der Waals surface area contributed by atoms with Crippen LogP contribution >= 0.6 is 0 Å². The maximum absolute atomic E-state index is 12.4. The number of anilines is 1. The fraction of sp³-hybridized carbons (Fsp3) is 0.286. The van der Waals surface area contributed by atoms with E-state index in [0.717, 1.165) is 17.7 Å². The van der Waals surface area contributed by atoms with E-state index < -0.39 is 5.92 Å². The number of hydrogen-bond donors (Lipinski definition) is 1. The number of nitrogens with zero attached hydrogens (tertiary/aromatic N) is 2. The maximum atomic E-state index is 12.4. The summed E-state index contributed by atoms with van der Waals surface area (Å²) in [5.41, 5.74) is 5.33. The summed E-state index contributed by atoms with van der Waals surface area (Å²) in [7, 11) is 1.58. The van der Waals surface area contributed by atoms with E-state index in [0.29, 0.717) is 12.3 Å². The summed E-state index contributed by atoms with van der Waals surface area (Å²) in [6.45, 7) is 2.45. The van der Waals surface area contributed by atoms with Crippen molar-refractivity contribution in [3.8, 4) is 5.75 Å². The SMILES string of the molecule is CCc1ccc(N2C[C@H](C(=O)N/N=C/c3ccccc3OC)CC2=O)cc1. The maximum Gasteiger partial charge on any atom is 0.245 e. The minimum atomic E-state index is -0.418. The Morgan fingerprint density at radius 1 is 1.26 bits per heavy atom. The monoisotopic (exact) mass is 365 g/mol. The predicted octanol–water partition coefficient (Wildman–Crippen LogP) is 2.76. The van der Waals surface area contributed by atoms with Gasteiger partial charge in [-0.3, -0.25) is 9.59 Å². The Labute approximate surface area is 158 Å². The fourth-order valence-corrected chi connectivity index (χ4v) is 3.07. The van der Waals surface area contributed by atoms with Crippen LogP contribution in [0, 0.1) is 5.92 Å². The van der Waals surface area contributed by atoms with E-state index >= 15 is 0 Å². The summed E-state index contributed by atoms with van der Waals surface area (Å²) in [6.07, 6.45) is 2.67. The van der Waals surface area contributed by atoms with Gasteiger partial charge in [0.25, 0.3) is 0 Å². The largest absolute Gasteiger partial charge is 0.496 e. The summed E-state index contributed by atoms with van der Waals surface area (Å²) >= 11 is 0. The highest BCUT2D eigenvalue weighted by molar-refractivity contribution is 6.00. The number of ether oxygens (including phenoxy) is 1. The van der Waals surface area contributed by atoms with E-state index in [-0.39, 0.29) is 18.2 Å². The second-order valence-corrected chi connectivity index (χ2v) is 6.40. The van der Waals surface area contributed by atoms with Crippen LogP contribution in [0.2, 0.25) is 0 Å². The number of carbonyl (C=O) groups is 2. The molecule has 0 spiro atoms. The zero-order valence-electron chi connectivity index (χ0n) is 15.5. The van der Waals surface area contributed by atoms with Crippen molar-refractivity contribution in [2.24, 2.45) is 11.0 Å². The molecule has 2 aromatic carbocycles. The van der Waals surface area contributed by atoms with E-state index in [4.69, 9.17) is 4.74 Å². The van der Waals surface area contributed by atoms with Gasteiger partial charge in [0.05, 0.1) is 19.2 Å². The Kier molecular flexibility index (Phi) is 5.86. The van der Waals surface area contributed by atoms with Crippen LogP contribution in [0.4, 0.5) is 5.69 Å².